The minimum Gasteiger partial charge on any atom is -0.353 e. The number of hydrogen-bond donors (Lipinski definition) is 1. The number of hydrogen-bond acceptors (Lipinski definition) is 2. The van der Waals surface area contributed by atoms with Gasteiger partial charge in [0.05, 0.1) is 5.56 Å². The number of benzene rings is 2. The van der Waals surface area contributed by atoms with E-state index in [-0.39, 0.29) is 24.6 Å². The molecule has 0 spiro atoms. The van der Waals surface area contributed by atoms with Crippen molar-refractivity contribution in [1.82, 2.24) is 10.2 Å². The summed E-state index contributed by atoms with van der Waals surface area (Å²) in [5.74, 6) is -2.47. The van der Waals surface area contributed by atoms with Crippen molar-refractivity contribution in [2.24, 2.45) is 0 Å². The van der Waals surface area contributed by atoms with Gasteiger partial charge in [-0.3, -0.25) is 9.59 Å². The fraction of sp³-hybridized carbons (Fsp3) is 0.222. The molecule has 24 heavy (non-hydrogen) atoms. The van der Waals surface area contributed by atoms with E-state index in [0.29, 0.717) is 6.42 Å². The molecule has 1 heterocycles. The Bertz CT molecular complexity index is 765. The Kier molecular flexibility index (Phi) is 4.55. The number of carbonyl (C=O) groups is 2. The fourth-order valence-electron chi connectivity index (χ4n) is 2.81. The van der Waals surface area contributed by atoms with Gasteiger partial charge in [-0.05, 0) is 23.8 Å². The molecule has 0 bridgehead atoms. The lowest BCUT2D eigenvalue weighted by Gasteiger charge is -2.35. The quantitative estimate of drug-likeness (QED) is 0.937. The van der Waals surface area contributed by atoms with Crippen LogP contribution in [0.2, 0.25) is 0 Å². The second kappa shape index (κ2) is 6.78. The van der Waals surface area contributed by atoms with Gasteiger partial charge < -0.3 is 10.2 Å². The van der Waals surface area contributed by atoms with E-state index in [1.54, 1.807) is 0 Å². The number of nitrogens with zero attached hydrogens (tertiary/aromatic N) is 1. The van der Waals surface area contributed by atoms with Crippen molar-refractivity contribution in [3.63, 3.8) is 0 Å². The van der Waals surface area contributed by atoms with Gasteiger partial charge in [-0.25, -0.2) is 8.78 Å². The summed E-state index contributed by atoms with van der Waals surface area (Å²) in [6, 6.07) is 11.2. The summed E-state index contributed by atoms with van der Waals surface area (Å²) in [4.78, 5) is 26.2. The second-order valence-electron chi connectivity index (χ2n) is 5.62. The average Bonchev–Trinajstić information content (AvgIpc) is 2.59. The minimum absolute atomic E-state index is 0.248. The van der Waals surface area contributed by atoms with Crippen molar-refractivity contribution in [2.45, 2.75) is 12.5 Å². The maximum atomic E-state index is 13.9. The molecule has 2 aromatic rings. The monoisotopic (exact) mass is 330 g/mol. The van der Waals surface area contributed by atoms with Crippen LogP contribution in [0.4, 0.5) is 8.78 Å². The topological polar surface area (TPSA) is 49.4 Å². The van der Waals surface area contributed by atoms with Crippen molar-refractivity contribution < 1.29 is 18.4 Å². The first-order valence-corrected chi connectivity index (χ1v) is 7.64. The largest absolute Gasteiger partial charge is 0.353 e. The Hall–Kier alpha value is -2.76. The zero-order valence-corrected chi connectivity index (χ0v) is 12.8. The van der Waals surface area contributed by atoms with Gasteiger partial charge in [0.15, 0.2) is 0 Å². The van der Waals surface area contributed by atoms with Gasteiger partial charge in [0.1, 0.15) is 17.7 Å². The van der Waals surface area contributed by atoms with E-state index in [4.69, 9.17) is 0 Å². The van der Waals surface area contributed by atoms with Crippen LogP contribution in [0.1, 0.15) is 15.9 Å². The minimum atomic E-state index is -0.800. The molecule has 0 unspecified atom stereocenters. The van der Waals surface area contributed by atoms with E-state index in [2.05, 4.69) is 5.32 Å². The van der Waals surface area contributed by atoms with Crippen LogP contribution in [0.3, 0.4) is 0 Å². The highest BCUT2D eigenvalue weighted by Gasteiger charge is 2.34. The van der Waals surface area contributed by atoms with Crippen molar-refractivity contribution in [3.05, 3.63) is 71.3 Å². The van der Waals surface area contributed by atoms with Crippen LogP contribution in [0.25, 0.3) is 0 Å². The third-order valence-corrected chi connectivity index (χ3v) is 4.02. The van der Waals surface area contributed by atoms with Crippen LogP contribution in [-0.2, 0) is 11.2 Å². The summed E-state index contributed by atoms with van der Waals surface area (Å²) in [6.07, 6.45) is 0.315. The first-order chi connectivity index (χ1) is 11.6. The van der Waals surface area contributed by atoms with Crippen molar-refractivity contribution >= 4 is 11.8 Å². The van der Waals surface area contributed by atoms with E-state index in [9.17, 15) is 18.4 Å². The zero-order valence-electron chi connectivity index (χ0n) is 12.8. The van der Waals surface area contributed by atoms with Gasteiger partial charge >= 0.3 is 0 Å². The fourth-order valence-corrected chi connectivity index (χ4v) is 2.81. The molecule has 0 aromatic heterocycles. The summed E-state index contributed by atoms with van der Waals surface area (Å²) >= 11 is 0. The lowest BCUT2D eigenvalue weighted by molar-refractivity contribution is -0.127. The molecule has 1 aliphatic heterocycles. The molecule has 1 saturated heterocycles. The summed E-state index contributed by atoms with van der Waals surface area (Å²) < 4.78 is 27.3. The van der Waals surface area contributed by atoms with Crippen molar-refractivity contribution in [3.8, 4) is 0 Å². The van der Waals surface area contributed by atoms with Crippen molar-refractivity contribution in [2.75, 3.05) is 13.1 Å². The molecule has 0 saturated carbocycles. The smallest absolute Gasteiger partial charge is 0.257 e. The second-order valence-corrected chi connectivity index (χ2v) is 5.62. The van der Waals surface area contributed by atoms with E-state index in [0.717, 1.165) is 23.8 Å². The normalized spacial score (nSPS) is 17.5. The van der Waals surface area contributed by atoms with Crippen molar-refractivity contribution in [1.29, 1.82) is 0 Å². The van der Waals surface area contributed by atoms with E-state index >= 15 is 0 Å². The van der Waals surface area contributed by atoms with Gasteiger partial charge in [0.25, 0.3) is 5.91 Å². The van der Waals surface area contributed by atoms with Gasteiger partial charge in [-0.1, -0.05) is 30.3 Å². The van der Waals surface area contributed by atoms with Gasteiger partial charge in [-0.15, -0.1) is 0 Å². The molecular weight excluding hydrogens is 314 g/mol. The lowest BCUT2D eigenvalue weighted by Crippen LogP contribution is -2.58. The molecule has 2 amide bonds. The van der Waals surface area contributed by atoms with Gasteiger partial charge in [-0.2, -0.15) is 0 Å². The lowest BCUT2D eigenvalue weighted by atomic mass is 10.0. The molecular formula is C18H16F2N2O2. The number of piperazine rings is 1. The van der Waals surface area contributed by atoms with E-state index < -0.39 is 23.6 Å². The summed E-state index contributed by atoms with van der Waals surface area (Å²) in [5, 5.41) is 2.71. The molecule has 4 nitrogen and oxygen atoms in total. The van der Waals surface area contributed by atoms with E-state index in [1.165, 1.54) is 4.90 Å². The Morgan fingerprint density at radius 3 is 2.67 bits per heavy atom. The van der Waals surface area contributed by atoms with Crippen LogP contribution in [-0.4, -0.2) is 35.8 Å². The van der Waals surface area contributed by atoms with Crippen LogP contribution < -0.4 is 5.32 Å². The number of carbonyl (C=O) groups excluding carboxylic acids is 2. The number of amides is 2. The van der Waals surface area contributed by atoms with Gasteiger partial charge in [0.2, 0.25) is 5.91 Å². The molecule has 3 rings (SSSR count). The van der Waals surface area contributed by atoms with Crippen LogP contribution >= 0.6 is 0 Å². The number of halogens is 2. The SMILES string of the molecule is O=C1NCCN(C(=O)c2cc(F)ccc2F)[C@H]1Cc1ccccc1. The molecule has 1 N–H and O–H groups in total. The molecule has 6 heteroatoms. The molecule has 0 radical (unpaired) electrons. The molecule has 2 aromatic carbocycles. The van der Waals surface area contributed by atoms with Crippen LogP contribution in [0, 0.1) is 11.6 Å². The molecule has 0 aliphatic carbocycles. The molecule has 1 fully saturated rings. The molecule has 124 valence electrons. The third-order valence-electron chi connectivity index (χ3n) is 4.02. The highest BCUT2D eigenvalue weighted by Crippen LogP contribution is 2.18. The first kappa shape index (κ1) is 16.1. The summed E-state index contributed by atoms with van der Waals surface area (Å²) in [7, 11) is 0. The van der Waals surface area contributed by atoms with E-state index in [1.807, 2.05) is 30.3 Å². The Morgan fingerprint density at radius 1 is 1.17 bits per heavy atom. The highest BCUT2D eigenvalue weighted by molar-refractivity contribution is 5.98. The predicted octanol–water partition coefficient (Wildman–Crippen LogP) is 2.15. The Balaban J connectivity index is 1.89. The maximum Gasteiger partial charge on any atom is 0.257 e. The van der Waals surface area contributed by atoms with Crippen LogP contribution in [0.15, 0.2) is 48.5 Å². The Morgan fingerprint density at radius 2 is 1.92 bits per heavy atom. The zero-order chi connectivity index (χ0) is 17.1. The predicted molar refractivity (Wildman–Crippen MR) is 84.3 cm³/mol. The molecule has 1 aliphatic rings. The summed E-state index contributed by atoms with van der Waals surface area (Å²) in [5.41, 5.74) is 0.528. The summed E-state index contributed by atoms with van der Waals surface area (Å²) in [6.45, 7) is 0.533. The number of nitrogens with one attached hydrogen (secondary N) is 1. The highest BCUT2D eigenvalue weighted by atomic mass is 19.1. The molecule has 1 atom stereocenters. The number of rotatable bonds is 3. The maximum absolute atomic E-state index is 13.9. The third kappa shape index (κ3) is 3.27. The first-order valence-electron chi connectivity index (χ1n) is 7.64. The Labute approximate surface area is 138 Å². The van der Waals surface area contributed by atoms with Crippen LogP contribution in [0.5, 0.6) is 0 Å². The standard InChI is InChI=1S/C18H16F2N2O2/c19-13-6-7-15(20)14(11-13)18(24)22-9-8-21-17(23)16(22)10-12-4-2-1-3-5-12/h1-7,11,16H,8-10H2,(H,21,23)/t16-/m0/s1. The van der Waals surface area contributed by atoms with Gasteiger partial charge in [0, 0.05) is 19.5 Å². The average molecular weight is 330 g/mol.